The van der Waals surface area contributed by atoms with Gasteiger partial charge in [0.05, 0.1) is 46.2 Å². The number of hydrogen-bond donors (Lipinski definition) is 0. The summed E-state index contributed by atoms with van der Waals surface area (Å²) in [5.41, 5.74) is 5.90. The lowest BCUT2D eigenvalue weighted by atomic mass is 9.97. The quantitative estimate of drug-likeness (QED) is 0.0482. The zero-order valence-electron chi connectivity index (χ0n) is 42.0. The van der Waals surface area contributed by atoms with E-state index in [2.05, 4.69) is 0 Å². The lowest BCUT2D eigenvalue weighted by Gasteiger charge is -2.48. The molecule has 10 atom stereocenters. The minimum Gasteiger partial charge on any atom is -0.468 e. The molecule has 0 aliphatic carbocycles. The maximum atomic E-state index is 7.08. The van der Waals surface area contributed by atoms with Gasteiger partial charge in [-0.2, -0.15) is 0 Å². The predicted molar refractivity (Wildman–Crippen MR) is 282 cm³/mol. The molecule has 8 rings (SSSR count). The van der Waals surface area contributed by atoms with Crippen molar-refractivity contribution >= 4 is 17.4 Å². The Morgan fingerprint density at radius 1 is 0.384 bits per heavy atom. The van der Waals surface area contributed by atoms with E-state index in [0.29, 0.717) is 24.9 Å². The lowest BCUT2D eigenvalue weighted by Crippen LogP contribution is -2.64. The van der Waals surface area contributed by atoms with Gasteiger partial charge in [0.15, 0.2) is 12.6 Å². The Kier molecular flexibility index (Phi) is 21.3. The van der Waals surface area contributed by atoms with Gasteiger partial charge in [-0.05, 0) is 59.4 Å². The smallest absolute Gasteiger partial charge is 0.259 e. The Balaban J connectivity index is 1.14. The van der Waals surface area contributed by atoms with E-state index >= 15 is 0 Å². The van der Waals surface area contributed by atoms with E-state index < -0.39 is 61.4 Å². The molecule has 0 saturated carbocycles. The van der Waals surface area contributed by atoms with Crippen LogP contribution < -0.4 is 0 Å². The fourth-order valence-corrected chi connectivity index (χ4v) is 9.33. The maximum Gasteiger partial charge on any atom is 0.259 e. The van der Waals surface area contributed by atoms with E-state index in [4.69, 9.17) is 64.3 Å². The molecule has 0 spiro atoms. The lowest BCUT2D eigenvalue weighted by molar-refractivity contribution is -0.350. The minimum absolute atomic E-state index is 0.0296. The second-order valence-electron chi connectivity index (χ2n) is 18.0. The number of ether oxygens (including phenoxy) is 11. The molecular weight excluding hydrogens is 943 g/mol. The Hall–Kier alpha value is -5.39. The fraction of sp³-hybridized carbons (Fsp3) is 0.383. The average molecular weight is 1010 g/mol. The third-order valence-electron chi connectivity index (χ3n) is 12.9. The van der Waals surface area contributed by atoms with Gasteiger partial charge < -0.3 is 57.0 Å². The Morgan fingerprint density at radius 3 is 1.00 bits per heavy atom. The SMILES string of the molecule is CCN(CC)C(=S)OC[C@H]1O[C@H](OC[C@H]2O[C@H](OC)[C@H](OCc3ccccc3)[C@@H](OCc3ccccc3)[C@@H]2OCc2ccccc2)[C@H](OCc2ccccc2)[C@@H](OCc2ccccc2)[C@H]1OCc1ccccc1. The number of thiocarbonyl (C=S) groups is 1. The molecule has 12 nitrogen and oxygen atoms in total. The molecule has 0 bridgehead atoms. The van der Waals surface area contributed by atoms with Gasteiger partial charge in [-0.3, -0.25) is 0 Å². The van der Waals surface area contributed by atoms with Crippen LogP contribution in [0.25, 0.3) is 0 Å². The van der Waals surface area contributed by atoms with Crippen LogP contribution in [0.5, 0.6) is 0 Å². The van der Waals surface area contributed by atoms with Crippen LogP contribution in [0.15, 0.2) is 182 Å². The summed E-state index contributed by atoms with van der Waals surface area (Å²) >= 11 is 5.82. The number of benzene rings is 6. The highest BCUT2D eigenvalue weighted by molar-refractivity contribution is 7.80. The van der Waals surface area contributed by atoms with Crippen molar-refractivity contribution in [2.45, 2.75) is 115 Å². The van der Waals surface area contributed by atoms with Crippen molar-refractivity contribution in [3.8, 4) is 0 Å². The first-order valence-electron chi connectivity index (χ1n) is 25.3. The van der Waals surface area contributed by atoms with E-state index in [9.17, 15) is 0 Å². The number of rotatable bonds is 26. The van der Waals surface area contributed by atoms with Crippen LogP contribution in [-0.2, 0) is 91.7 Å². The summed E-state index contributed by atoms with van der Waals surface area (Å²) in [4.78, 5) is 1.98. The first-order chi connectivity index (χ1) is 36.0. The van der Waals surface area contributed by atoms with Crippen LogP contribution in [0.1, 0.15) is 47.2 Å². The van der Waals surface area contributed by atoms with Crippen LogP contribution in [-0.4, -0.2) is 105 Å². The van der Waals surface area contributed by atoms with Gasteiger partial charge in [0.2, 0.25) is 0 Å². The first-order valence-corrected chi connectivity index (χ1v) is 25.7. The molecule has 0 amide bonds. The van der Waals surface area contributed by atoms with Crippen molar-refractivity contribution in [2.24, 2.45) is 0 Å². The molecule has 6 aromatic carbocycles. The number of methoxy groups -OCH3 is 1. The predicted octanol–water partition coefficient (Wildman–Crippen LogP) is 10.3. The third kappa shape index (κ3) is 15.8. The van der Waals surface area contributed by atoms with Crippen LogP contribution >= 0.6 is 12.2 Å². The summed E-state index contributed by atoms with van der Waals surface area (Å²) in [6.07, 6.45) is -7.76. The van der Waals surface area contributed by atoms with Crippen LogP contribution in [0.2, 0.25) is 0 Å². The standard InChI is InChI=1S/C60H69NO11S/c1-4-61(5-2)60(73)70-43-51-53(64-37-45-26-14-7-15-27-45)55(66-39-47-30-18-9-19-31-47)57(68-41-49-34-22-11-23-35-49)59(72-51)69-42-50-52(63-36-44-24-12-6-13-25-44)54(65-38-46-28-16-8-17-29-46)56(58(62-3)71-50)67-40-48-32-20-10-21-33-48/h6-35,50-59H,4-5,36-43H2,1-3H3/t50-,51-,52-,53+,54+,55+,56-,57-,58+,59+/m1/s1. The van der Waals surface area contributed by atoms with Crippen LogP contribution in [0, 0.1) is 0 Å². The average Bonchev–Trinajstić information content (AvgIpc) is 3.45. The highest BCUT2D eigenvalue weighted by atomic mass is 32.1. The summed E-state index contributed by atoms with van der Waals surface area (Å²) in [7, 11) is 1.61. The largest absolute Gasteiger partial charge is 0.468 e. The fourth-order valence-electron chi connectivity index (χ4n) is 9.00. The minimum atomic E-state index is -1.04. The van der Waals surface area contributed by atoms with E-state index in [1.165, 1.54) is 0 Å². The van der Waals surface area contributed by atoms with Gasteiger partial charge in [-0.25, -0.2) is 0 Å². The van der Waals surface area contributed by atoms with Crippen molar-refractivity contribution in [1.82, 2.24) is 4.90 Å². The van der Waals surface area contributed by atoms with Crippen molar-refractivity contribution in [1.29, 1.82) is 0 Å². The monoisotopic (exact) mass is 1010 g/mol. The third-order valence-corrected chi connectivity index (χ3v) is 13.3. The molecule has 386 valence electrons. The molecule has 0 aromatic heterocycles. The molecule has 2 aliphatic heterocycles. The van der Waals surface area contributed by atoms with Crippen molar-refractivity contribution in [3.05, 3.63) is 215 Å². The summed E-state index contributed by atoms with van der Waals surface area (Å²) in [5, 5.41) is 0.363. The summed E-state index contributed by atoms with van der Waals surface area (Å²) in [5.74, 6) is 0. The second kappa shape index (κ2) is 28.9. The first kappa shape index (κ1) is 53.9. The highest BCUT2D eigenvalue weighted by Crippen LogP contribution is 2.35. The Morgan fingerprint density at radius 2 is 0.671 bits per heavy atom. The topological polar surface area (TPSA) is 105 Å². The van der Waals surface area contributed by atoms with Crippen molar-refractivity contribution in [2.75, 3.05) is 33.4 Å². The molecule has 2 aliphatic rings. The molecule has 0 N–H and O–H groups in total. The zero-order valence-corrected chi connectivity index (χ0v) is 42.8. The van der Waals surface area contributed by atoms with Crippen molar-refractivity contribution < 1.29 is 52.1 Å². The normalized spacial score (nSPS) is 23.9. The van der Waals surface area contributed by atoms with Crippen LogP contribution in [0.3, 0.4) is 0 Å². The highest BCUT2D eigenvalue weighted by Gasteiger charge is 2.52. The molecule has 13 heteroatoms. The Bertz CT molecular complexity index is 2440. The molecular formula is C60H69NO11S. The summed E-state index contributed by atoms with van der Waals surface area (Å²) in [6.45, 7) is 7.11. The molecule has 73 heavy (non-hydrogen) atoms. The molecule has 2 heterocycles. The van der Waals surface area contributed by atoms with Gasteiger partial charge >= 0.3 is 0 Å². The molecule has 2 fully saturated rings. The number of hydrogen-bond acceptors (Lipinski definition) is 12. The van der Waals surface area contributed by atoms with E-state index in [1.807, 2.05) is 201 Å². The van der Waals surface area contributed by atoms with Gasteiger partial charge in [0.25, 0.3) is 5.17 Å². The van der Waals surface area contributed by atoms with Crippen molar-refractivity contribution in [3.63, 3.8) is 0 Å². The Labute approximate surface area is 436 Å². The molecule has 2 saturated heterocycles. The van der Waals surface area contributed by atoms with E-state index in [0.717, 1.165) is 33.4 Å². The second-order valence-corrected chi connectivity index (χ2v) is 18.3. The maximum absolute atomic E-state index is 7.08. The van der Waals surface area contributed by atoms with Gasteiger partial charge in [0.1, 0.15) is 55.4 Å². The molecule has 0 unspecified atom stereocenters. The van der Waals surface area contributed by atoms with Gasteiger partial charge in [0, 0.05) is 20.2 Å². The van der Waals surface area contributed by atoms with E-state index in [-0.39, 0.29) is 46.2 Å². The van der Waals surface area contributed by atoms with E-state index in [1.54, 1.807) is 7.11 Å². The zero-order chi connectivity index (χ0) is 50.5. The van der Waals surface area contributed by atoms with Crippen LogP contribution in [0.4, 0.5) is 0 Å². The summed E-state index contributed by atoms with van der Waals surface area (Å²) < 4.78 is 75.0. The summed E-state index contributed by atoms with van der Waals surface area (Å²) in [6, 6.07) is 60.1. The van der Waals surface area contributed by atoms with Gasteiger partial charge in [-0.15, -0.1) is 0 Å². The number of nitrogens with zero attached hydrogens (tertiary/aromatic N) is 1. The molecule has 0 radical (unpaired) electrons. The molecule has 6 aromatic rings. The van der Waals surface area contributed by atoms with Gasteiger partial charge in [-0.1, -0.05) is 182 Å².